The van der Waals surface area contributed by atoms with Crippen molar-refractivity contribution in [3.8, 4) is 0 Å². The molecule has 0 bridgehead atoms. The molecular formula is C11H9FN4O3. The summed E-state index contributed by atoms with van der Waals surface area (Å²) in [7, 11) is 0. The van der Waals surface area contributed by atoms with Gasteiger partial charge in [-0.1, -0.05) is 0 Å². The van der Waals surface area contributed by atoms with Crippen molar-refractivity contribution in [2.75, 3.05) is 5.32 Å². The Kier molecular flexibility index (Phi) is 3.23. The van der Waals surface area contributed by atoms with E-state index in [0.29, 0.717) is 17.4 Å². The molecule has 0 radical (unpaired) electrons. The van der Waals surface area contributed by atoms with Gasteiger partial charge in [-0.05, 0) is 19.1 Å². The van der Waals surface area contributed by atoms with Crippen LogP contribution < -0.4 is 5.32 Å². The maximum absolute atomic E-state index is 13.0. The molecule has 2 rings (SSSR count). The number of hydrogen-bond donors (Lipinski definition) is 2. The van der Waals surface area contributed by atoms with Crippen molar-refractivity contribution in [3.63, 3.8) is 0 Å². The third-order valence-electron chi connectivity index (χ3n) is 2.47. The molecule has 0 saturated carbocycles. The van der Waals surface area contributed by atoms with E-state index in [4.69, 9.17) is 0 Å². The van der Waals surface area contributed by atoms with Crippen LogP contribution in [-0.4, -0.2) is 21.0 Å². The number of benzene rings is 1. The van der Waals surface area contributed by atoms with Crippen molar-refractivity contribution >= 4 is 17.4 Å². The number of aromatic amines is 1. The Bertz CT molecular complexity index is 653. The quantitative estimate of drug-likeness (QED) is 0.654. The molecule has 0 saturated heterocycles. The van der Waals surface area contributed by atoms with Crippen molar-refractivity contribution < 1.29 is 14.1 Å². The lowest BCUT2D eigenvalue weighted by atomic mass is 10.1. The average Bonchev–Trinajstić information content (AvgIpc) is 2.74. The highest BCUT2D eigenvalue weighted by Crippen LogP contribution is 2.21. The van der Waals surface area contributed by atoms with Gasteiger partial charge in [0.1, 0.15) is 17.2 Å². The van der Waals surface area contributed by atoms with Crippen molar-refractivity contribution in [2.45, 2.75) is 6.92 Å². The van der Waals surface area contributed by atoms with Gasteiger partial charge in [-0.25, -0.2) is 4.39 Å². The monoisotopic (exact) mass is 264 g/mol. The molecule has 1 heterocycles. The minimum atomic E-state index is -0.808. The molecule has 1 aromatic carbocycles. The summed E-state index contributed by atoms with van der Waals surface area (Å²) in [6, 6.07) is 2.75. The number of halogens is 1. The highest BCUT2D eigenvalue weighted by atomic mass is 19.1. The number of rotatable bonds is 3. The summed E-state index contributed by atoms with van der Waals surface area (Å²) in [6.07, 6.45) is 1.49. The fourth-order valence-corrected chi connectivity index (χ4v) is 1.50. The number of hydrogen-bond acceptors (Lipinski definition) is 4. The molecule has 98 valence electrons. The maximum atomic E-state index is 13.0. The third-order valence-corrected chi connectivity index (χ3v) is 2.47. The molecule has 0 aliphatic carbocycles. The van der Waals surface area contributed by atoms with Gasteiger partial charge in [0, 0.05) is 5.56 Å². The first-order chi connectivity index (χ1) is 8.99. The molecular weight excluding hydrogens is 255 g/mol. The lowest BCUT2D eigenvalue weighted by molar-refractivity contribution is -0.385. The smallest absolute Gasteiger partial charge is 0.285 e. The molecule has 0 atom stereocenters. The van der Waals surface area contributed by atoms with Gasteiger partial charge in [-0.2, -0.15) is 5.10 Å². The summed E-state index contributed by atoms with van der Waals surface area (Å²) in [5, 5.41) is 19.5. The molecule has 1 amide bonds. The van der Waals surface area contributed by atoms with Crippen LogP contribution in [0.4, 0.5) is 15.9 Å². The van der Waals surface area contributed by atoms with Crippen molar-refractivity contribution in [1.82, 2.24) is 10.2 Å². The number of aromatic nitrogens is 2. The number of aryl methyl sites for hydroxylation is 1. The highest BCUT2D eigenvalue weighted by Gasteiger charge is 2.21. The van der Waals surface area contributed by atoms with Crippen molar-refractivity contribution in [2.24, 2.45) is 0 Å². The van der Waals surface area contributed by atoms with Crippen LogP contribution in [0.3, 0.4) is 0 Å². The third kappa shape index (κ3) is 2.57. The molecule has 1 aromatic heterocycles. The Labute approximate surface area is 106 Å². The minimum absolute atomic E-state index is 0.222. The van der Waals surface area contributed by atoms with E-state index < -0.39 is 22.3 Å². The van der Waals surface area contributed by atoms with Crippen molar-refractivity contribution in [1.29, 1.82) is 0 Å². The van der Waals surface area contributed by atoms with Crippen LogP contribution in [0.2, 0.25) is 0 Å². The molecule has 2 N–H and O–H groups in total. The molecule has 0 aliphatic heterocycles. The Hall–Kier alpha value is -2.77. The fraction of sp³-hybridized carbons (Fsp3) is 0.0909. The first kappa shape index (κ1) is 12.7. The number of carbonyl (C=O) groups is 1. The number of H-pyrrole nitrogens is 1. The number of amides is 1. The second kappa shape index (κ2) is 4.84. The predicted octanol–water partition coefficient (Wildman–Crippen LogP) is 2.02. The number of nitrogens with one attached hydrogen (secondary N) is 2. The maximum Gasteiger partial charge on any atom is 0.285 e. The molecule has 19 heavy (non-hydrogen) atoms. The number of anilines is 1. The second-order valence-corrected chi connectivity index (χ2v) is 3.80. The molecule has 2 aromatic rings. The van der Waals surface area contributed by atoms with Crippen LogP contribution in [0.25, 0.3) is 0 Å². The van der Waals surface area contributed by atoms with Gasteiger partial charge in [0.05, 0.1) is 17.2 Å². The molecule has 0 spiro atoms. The zero-order chi connectivity index (χ0) is 14.0. The zero-order valence-electron chi connectivity index (χ0n) is 9.81. The Morgan fingerprint density at radius 3 is 2.84 bits per heavy atom. The van der Waals surface area contributed by atoms with E-state index in [1.165, 1.54) is 6.20 Å². The Morgan fingerprint density at radius 2 is 2.26 bits per heavy atom. The lowest BCUT2D eigenvalue weighted by Gasteiger charge is -2.04. The summed E-state index contributed by atoms with van der Waals surface area (Å²) in [6.45, 7) is 1.71. The van der Waals surface area contributed by atoms with E-state index in [1.807, 2.05) is 0 Å². The number of carbonyl (C=O) groups excluding carboxylic acids is 1. The largest absolute Gasteiger partial charge is 0.307 e. The summed E-state index contributed by atoms with van der Waals surface area (Å²) in [5.41, 5.74) is -0.131. The van der Waals surface area contributed by atoms with Crippen LogP contribution in [0.1, 0.15) is 15.9 Å². The van der Waals surface area contributed by atoms with Gasteiger partial charge >= 0.3 is 0 Å². The lowest BCUT2D eigenvalue weighted by Crippen LogP contribution is -2.15. The van der Waals surface area contributed by atoms with E-state index >= 15 is 0 Å². The molecule has 7 nitrogen and oxygen atoms in total. The van der Waals surface area contributed by atoms with Gasteiger partial charge in [0.15, 0.2) is 0 Å². The van der Waals surface area contributed by atoms with Gasteiger partial charge < -0.3 is 5.32 Å². The summed E-state index contributed by atoms with van der Waals surface area (Å²) in [4.78, 5) is 21.9. The van der Waals surface area contributed by atoms with E-state index in [2.05, 4.69) is 15.5 Å². The molecule has 0 unspecified atom stereocenters. The summed E-state index contributed by atoms with van der Waals surface area (Å²) < 4.78 is 13.0. The molecule has 0 fully saturated rings. The van der Waals surface area contributed by atoms with E-state index in [9.17, 15) is 19.3 Å². The van der Waals surface area contributed by atoms with Gasteiger partial charge in [-0.15, -0.1) is 0 Å². The van der Waals surface area contributed by atoms with E-state index in [-0.39, 0.29) is 5.56 Å². The standard InChI is InChI=1S/C11H9FN4O3/c1-6-5-13-15-10(6)14-11(17)8-3-2-7(12)4-9(8)16(18)19/h2-5H,1H3,(H2,13,14,15,17). The Balaban J connectivity index is 2.34. The van der Waals surface area contributed by atoms with E-state index in [0.717, 1.165) is 12.1 Å². The van der Waals surface area contributed by atoms with Gasteiger partial charge in [0.2, 0.25) is 0 Å². The fourth-order valence-electron chi connectivity index (χ4n) is 1.50. The van der Waals surface area contributed by atoms with Crippen LogP contribution in [-0.2, 0) is 0 Å². The average molecular weight is 264 g/mol. The summed E-state index contributed by atoms with van der Waals surface area (Å²) >= 11 is 0. The van der Waals surface area contributed by atoms with Crippen LogP contribution in [0.15, 0.2) is 24.4 Å². The van der Waals surface area contributed by atoms with E-state index in [1.54, 1.807) is 6.92 Å². The number of nitrogens with zero attached hydrogens (tertiary/aromatic N) is 2. The topological polar surface area (TPSA) is 101 Å². The first-order valence-electron chi connectivity index (χ1n) is 5.24. The normalized spacial score (nSPS) is 10.2. The predicted molar refractivity (Wildman–Crippen MR) is 64.3 cm³/mol. The SMILES string of the molecule is Cc1cn[nH]c1NC(=O)c1ccc(F)cc1[N+](=O)[O-]. The van der Waals surface area contributed by atoms with Gasteiger partial charge in [0.25, 0.3) is 11.6 Å². The van der Waals surface area contributed by atoms with Crippen LogP contribution >= 0.6 is 0 Å². The Morgan fingerprint density at radius 1 is 1.53 bits per heavy atom. The highest BCUT2D eigenvalue weighted by molar-refractivity contribution is 6.06. The van der Waals surface area contributed by atoms with Gasteiger partial charge in [-0.3, -0.25) is 20.0 Å². The number of nitro benzene ring substituents is 1. The van der Waals surface area contributed by atoms with Crippen LogP contribution in [0, 0.1) is 22.9 Å². The minimum Gasteiger partial charge on any atom is -0.307 e. The first-order valence-corrected chi connectivity index (χ1v) is 5.24. The second-order valence-electron chi connectivity index (χ2n) is 3.80. The van der Waals surface area contributed by atoms with Crippen molar-refractivity contribution in [3.05, 3.63) is 51.5 Å². The number of nitro groups is 1. The molecule has 8 heteroatoms. The van der Waals surface area contributed by atoms with Crippen LogP contribution in [0.5, 0.6) is 0 Å². The molecule has 0 aliphatic rings. The summed E-state index contributed by atoms with van der Waals surface area (Å²) in [5.74, 6) is -1.15. The zero-order valence-corrected chi connectivity index (χ0v) is 9.81.